The highest BCUT2D eigenvalue weighted by molar-refractivity contribution is 5.45. The summed E-state index contributed by atoms with van der Waals surface area (Å²) in [6, 6.07) is 1.93. The second-order valence-corrected chi connectivity index (χ2v) is 5.57. The number of pyridine rings is 1. The van der Waals surface area contributed by atoms with Crippen molar-refractivity contribution in [1.82, 2.24) is 4.98 Å². The summed E-state index contributed by atoms with van der Waals surface area (Å²) in [5, 5.41) is 10.6. The molecule has 0 spiro atoms. The van der Waals surface area contributed by atoms with Crippen molar-refractivity contribution in [1.29, 1.82) is 0 Å². The van der Waals surface area contributed by atoms with Crippen molar-refractivity contribution < 1.29 is 5.11 Å². The molecule has 1 aliphatic rings. The van der Waals surface area contributed by atoms with Crippen molar-refractivity contribution in [3.63, 3.8) is 0 Å². The Labute approximate surface area is 109 Å². The second kappa shape index (κ2) is 5.70. The highest BCUT2D eigenvalue weighted by atomic mass is 16.3. The van der Waals surface area contributed by atoms with Gasteiger partial charge in [0.2, 0.25) is 0 Å². The van der Waals surface area contributed by atoms with Gasteiger partial charge in [0, 0.05) is 11.8 Å². The SMILES string of the molecule is CCC1CCCC(C(O)c2c(C)ccnc2N)C1. The molecule has 3 N–H and O–H groups in total. The number of nitrogens with zero attached hydrogens (tertiary/aromatic N) is 1. The van der Waals surface area contributed by atoms with E-state index in [2.05, 4.69) is 11.9 Å². The van der Waals surface area contributed by atoms with Crippen LogP contribution in [0.2, 0.25) is 0 Å². The van der Waals surface area contributed by atoms with Gasteiger partial charge in [-0.25, -0.2) is 4.98 Å². The Morgan fingerprint density at radius 1 is 1.50 bits per heavy atom. The fourth-order valence-corrected chi connectivity index (χ4v) is 3.20. The van der Waals surface area contributed by atoms with Crippen LogP contribution in [-0.2, 0) is 0 Å². The average Bonchev–Trinajstić information content (AvgIpc) is 2.38. The Morgan fingerprint density at radius 2 is 2.28 bits per heavy atom. The largest absolute Gasteiger partial charge is 0.388 e. The highest BCUT2D eigenvalue weighted by Crippen LogP contribution is 2.40. The first kappa shape index (κ1) is 13.3. The van der Waals surface area contributed by atoms with Crippen LogP contribution in [0.5, 0.6) is 0 Å². The van der Waals surface area contributed by atoms with Crippen LogP contribution in [0.4, 0.5) is 5.82 Å². The van der Waals surface area contributed by atoms with Crippen LogP contribution in [0.1, 0.15) is 56.3 Å². The molecular weight excluding hydrogens is 224 g/mol. The third-order valence-corrected chi connectivity index (χ3v) is 4.38. The lowest BCUT2D eigenvalue weighted by atomic mass is 9.76. The van der Waals surface area contributed by atoms with E-state index < -0.39 is 6.10 Å². The van der Waals surface area contributed by atoms with Crippen LogP contribution < -0.4 is 5.73 Å². The Morgan fingerprint density at radius 3 is 2.94 bits per heavy atom. The molecule has 2 rings (SSSR count). The third-order valence-electron chi connectivity index (χ3n) is 4.38. The third kappa shape index (κ3) is 2.66. The molecule has 1 aromatic rings. The van der Waals surface area contributed by atoms with E-state index >= 15 is 0 Å². The number of aromatic nitrogens is 1. The summed E-state index contributed by atoms with van der Waals surface area (Å²) in [6.45, 7) is 4.24. The molecule has 100 valence electrons. The first-order chi connectivity index (χ1) is 8.63. The molecule has 18 heavy (non-hydrogen) atoms. The van der Waals surface area contributed by atoms with Crippen molar-refractivity contribution >= 4 is 5.82 Å². The maximum atomic E-state index is 10.6. The van der Waals surface area contributed by atoms with Crippen LogP contribution in [0.3, 0.4) is 0 Å². The number of anilines is 1. The van der Waals surface area contributed by atoms with Crippen molar-refractivity contribution in [2.75, 3.05) is 5.73 Å². The Hall–Kier alpha value is -1.09. The molecule has 3 unspecified atom stereocenters. The monoisotopic (exact) mass is 248 g/mol. The van der Waals surface area contributed by atoms with E-state index in [-0.39, 0.29) is 0 Å². The molecule has 0 radical (unpaired) electrons. The fraction of sp³-hybridized carbons (Fsp3) is 0.667. The van der Waals surface area contributed by atoms with Gasteiger partial charge in [0.15, 0.2) is 0 Å². The molecule has 0 bridgehead atoms. The van der Waals surface area contributed by atoms with E-state index in [1.54, 1.807) is 6.20 Å². The number of hydrogen-bond donors (Lipinski definition) is 2. The fourth-order valence-electron chi connectivity index (χ4n) is 3.20. The van der Waals surface area contributed by atoms with Gasteiger partial charge in [-0.2, -0.15) is 0 Å². The molecule has 3 nitrogen and oxygen atoms in total. The van der Waals surface area contributed by atoms with Crippen molar-refractivity contribution in [3.05, 3.63) is 23.4 Å². The minimum atomic E-state index is -0.451. The molecule has 1 aromatic heterocycles. The minimum absolute atomic E-state index is 0.342. The number of aliphatic hydroxyl groups excluding tert-OH is 1. The van der Waals surface area contributed by atoms with Gasteiger partial charge >= 0.3 is 0 Å². The Balaban J connectivity index is 2.17. The van der Waals surface area contributed by atoms with Gasteiger partial charge in [-0.1, -0.05) is 26.2 Å². The lowest BCUT2D eigenvalue weighted by molar-refractivity contribution is 0.0677. The van der Waals surface area contributed by atoms with E-state index in [0.29, 0.717) is 11.7 Å². The molecule has 1 aliphatic carbocycles. The standard InChI is InChI=1S/C15H24N2O/c1-3-11-5-4-6-12(9-11)14(18)13-10(2)7-8-17-15(13)16/h7-8,11-12,14,18H,3-6,9H2,1-2H3,(H2,16,17). The van der Waals surface area contributed by atoms with Crippen LogP contribution >= 0.6 is 0 Å². The molecule has 3 atom stereocenters. The average molecular weight is 248 g/mol. The summed E-state index contributed by atoms with van der Waals surface area (Å²) in [6.07, 6.45) is 7.21. The summed E-state index contributed by atoms with van der Waals surface area (Å²) in [7, 11) is 0. The normalized spacial score (nSPS) is 25.9. The van der Waals surface area contributed by atoms with Gasteiger partial charge in [0.05, 0.1) is 6.10 Å². The molecule has 0 saturated heterocycles. The van der Waals surface area contributed by atoms with Gasteiger partial charge < -0.3 is 10.8 Å². The molecule has 0 amide bonds. The number of nitrogen functional groups attached to an aromatic ring is 1. The van der Waals surface area contributed by atoms with Gasteiger partial charge in [0.1, 0.15) is 5.82 Å². The molecule has 3 heteroatoms. The zero-order chi connectivity index (χ0) is 13.1. The van der Waals surface area contributed by atoms with Crippen LogP contribution in [-0.4, -0.2) is 10.1 Å². The maximum absolute atomic E-state index is 10.6. The van der Waals surface area contributed by atoms with E-state index in [4.69, 9.17) is 5.73 Å². The highest BCUT2D eigenvalue weighted by Gasteiger charge is 2.29. The Kier molecular flexibility index (Phi) is 4.23. The minimum Gasteiger partial charge on any atom is -0.388 e. The molecular formula is C15H24N2O. The molecule has 0 aliphatic heterocycles. The number of aliphatic hydroxyl groups is 1. The first-order valence-electron chi connectivity index (χ1n) is 7.02. The first-order valence-corrected chi connectivity index (χ1v) is 7.02. The van der Waals surface area contributed by atoms with E-state index in [9.17, 15) is 5.11 Å². The predicted molar refractivity (Wildman–Crippen MR) is 74.1 cm³/mol. The number of nitrogens with two attached hydrogens (primary N) is 1. The smallest absolute Gasteiger partial charge is 0.129 e. The topological polar surface area (TPSA) is 59.1 Å². The van der Waals surface area contributed by atoms with E-state index in [1.165, 1.54) is 19.3 Å². The molecule has 1 fully saturated rings. The van der Waals surface area contributed by atoms with Crippen molar-refractivity contribution in [2.24, 2.45) is 11.8 Å². The van der Waals surface area contributed by atoms with Crippen molar-refractivity contribution in [3.8, 4) is 0 Å². The molecule has 0 aromatic carbocycles. The van der Waals surface area contributed by atoms with E-state index in [1.807, 2.05) is 13.0 Å². The molecule has 1 saturated carbocycles. The number of rotatable bonds is 3. The lowest BCUT2D eigenvalue weighted by Crippen LogP contribution is -2.22. The van der Waals surface area contributed by atoms with E-state index in [0.717, 1.165) is 29.9 Å². The lowest BCUT2D eigenvalue weighted by Gasteiger charge is -2.32. The Bertz CT molecular complexity index is 385. The maximum Gasteiger partial charge on any atom is 0.129 e. The number of hydrogen-bond acceptors (Lipinski definition) is 3. The number of aryl methyl sites for hydroxylation is 1. The van der Waals surface area contributed by atoms with Crippen LogP contribution in [0, 0.1) is 18.8 Å². The summed E-state index contributed by atoms with van der Waals surface area (Å²) in [5.41, 5.74) is 7.82. The summed E-state index contributed by atoms with van der Waals surface area (Å²) >= 11 is 0. The summed E-state index contributed by atoms with van der Waals surface area (Å²) < 4.78 is 0. The van der Waals surface area contributed by atoms with Gasteiger partial charge in [-0.05, 0) is 43.2 Å². The summed E-state index contributed by atoms with van der Waals surface area (Å²) in [4.78, 5) is 4.11. The quantitative estimate of drug-likeness (QED) is 0.863. The second-order valence-electron chi connectivity index (χ2n) is 5.57. The predicted octanol–water partition coefficient (Wildman–Crippen LogP) is 3.22. The van der Waals surface area contributed by atoms with Gasteiger partial charge in [-0.15, -0.1) is 0 Å². The van der Waals surface area contributed by atoms with Gasteiger partial charge in [0.25, 0.3) is 0 Å². The molecule has 1 heterocycles. The van der Waals surface area contributed by atoms with Crippen LogP contribution in [0.15, 0.2) is 12.3 Å². The zero-order valence-corrected chi connectivity index (χ0v) is 11.4. The zero-order valence-electron chi connectivity index (χ0n) is 11.4. The summed E-state index contributed by atoms with van der Waals surface area (Å²) in [5.74, 6) is 1.59. The van der Waals surface area contributed by atoms with Crippen LogP contribution in [0.25, 0.3) is 0 Å². The van der Waals surface area contributed by atoms with Crippen molar-refractivity contribution in [2.45, 2.75) is 52.1 Å². The van der Waals surface area contributed by atoms with Gasteiger partial charge in [-0.3, -0.25) is 0 Å².